The van der Waals surface area contributed by atoms with Gasteiger partial charge in [-0.2, -0.15) is 0 Å². The molecule has 0 spiro atoms. The quantitative estimate of drug-likeness (QED) is 0.570. The number of benzene rings is 3. The van der Waals surface area contributed by atoms with E-state index in [4.69, 9.17) is 19.2 Å². The molecule has 0 amide bonds. The molecule has 4 rings (SSSR count). The Bertz CT molecular complexity index is 802. The second-order valence-electron chi connectivity index (χ2n) is 7.05. The van der Waals surface area contributed by atoms with Crippen LogP contribution in [-0.2, 0) is 4.57 Å². The minimum absolute atomic E-state index is 0.815. The van der Waals surface area contributed by atoms with Crippen molar-refractivity contribution in [1.29, 1.82) is 0 Å². The molecular weight excluding hydrogens is 390 g/mol. The van der Waals surface area contributed by atoms with Crippen LogP contribution in [-0.4, -0.2) is 20.3 Å². The Morgan fingerprint density at radius 2 is 0.929 bits per heavy atom. The van der Waals surface area contributed by atoms with Crippen LogP contribution < -0.4 is 15.9 Å². The van der Waals surface area contributed by atoms with Crippen molar-refractivity contribution in [2.75, 3.05) is 0 Å². The Morgan fingerprint density at radius 1 is 0.643 bits per heavy atom. The summed E-state index contributed by atoms with van der Waals surface area (Å²) < 4.78 is 8.88. The Hall–Kier alpha value is -1.80. The van der Waals surface area contributed by atoms with Crippen molar-refractivity contribution in [3.05, 3.63) is 91.0 Å². The Kier molecular flexibility index (Phi) is 6.82. The van der Waals surface area contributed by atoms with E-state index in [1.807, 2.05) is 0 Å². The first kappa shape index (κ1) is 20.9. The van der Waals surface area contributed by atoms with E-state index in [9.17, 15) is 0 Å². The van der Waals surface area contributed by atoms with Gasteiger partial charge in [0.15, 0.2) is 0 Å². The summed E-state index contributed by atoms with van der Waals surface area (Å²) in [6.07, 6.45) is 4.11. The van der Waals surface area contributed by atoms with Crippen molar-refractivity contribution in [2.45, 2.75) is 24.9 Å². The van der Waals surface area contributed by atoms with E-state index in [1.54, 1.807) is 15.9 Å². The third-order valence-electron chi connectivity index (χ3n) is 5.40. The van der Waals surface area contributed by atoms with Crippen LogP contribution in [0.1, 0.15) is 19.3 Å². The van der Waals surface area contributed by atoms with Gasteiger partial charge in [-0.3, -0.25) is 0 Å². The molecule has 28 heavy (non-hydrogen) atoms. The van der Waals surface area contributed by atoms with Crippen molar-refractivity contribution < 1.29 is 19.2 Å². The third-order valence-corrected chi connectivity index (χ3v) is 10.9. The van der Waals surface area contributed by atoms with Crippen LogP contribution in [0.5, 0.6) is 0 Å². The second-order valence-corrected chi connectivity index (χ2v) is 12.2. The van der Waals surface area contributed by atoms with Crippen molar-refractivity contribution in [1.82, 2.24) is 0 Å². The van der Waals surface area contributed by atoms with Gasteiger partial charge in [0.2, 0.25) is 0 Å². The van der Waals surface area contributed by atoms with Crippen molar-refractivity contribution in [3.63, 3.8) is 0 Å². The fourth-order valence-electron chi connectivity index (χ4n) is 4.15. The van der Waals surface area contributed by atoms with E-state index < -0.39 is 15.1 Å². The first-order valence-electron chi connectivity index (χ1n) is 9.37. The van der Waals surface area contributed by atoms with Crippen LogP contribution in [0.25, 0.3) is 0 Å². The van der Waals surface area contributed by atoms with Gasteiger partial charge < -0.3 is 14.7 Å². The first-order chi connectivity index (χ1) is 13.4. The van der Waals surface area contributed by atoms with Crippen molar-refractivity contribution >= 4 is 31.0 Å². The molecule has 0 radical (unpaired) electrons. The molecule has 1 aliphatic carbocycles. The van der Waals surface area contributed by atoms with Gasteiger partial charge in [0.05, 0.1) is 0 Å². The SMILES string of the molecule is O=P(O)(O)O.c1ccc([PH](c2ccccc2)(c2ccccc2)C2CCC2)cc1. The summed E-state index contributed by atoms with van der Waals surface area (Å²) >= 11 is 0. The number of phosphoric acid groups is 1. The van der Waals surface area contributed by atoms with E-state index in [-0.39, 0.29) is 0 Å². The van der Waals surface area contributed by atoms with Gasteiger partial charge in [-0.15, -0.1) is 0 Å². The molecule has 1 aliphatic rings. The molecule has 1 saturated carbocycles. The summed E-state index contributed by atoms with van der Waals surface area (Å²) in [7, 11) is -6.58. The maximum absolute atomic E-state index is 8.88. The molecule has 0 aromatic heterocycles. The van der Waals surface area contributed by atoms with Crippen LogP contribution >= 0.6 is 15.1 Å². The van der Waals surface area contributed by atoms with E-state index >= 15 is 0 Å². The van der Waals surface area contributed by atoms with Gasteiger partial charge in [-0.25, -0.2) is 4.57 Å². The number of hydrogen-bond acceptors (Lipinski definition) is 1. The van der Waals surface area contributed by atoms with Crippen molar-refractivity contribution in [3.8, 4) is 0 Å². The molecule has 0 aliphatic heterocycles. The Labute approximate surface area is 166 Å². The van der Waals surface area contributed by atoms with Crippen LogP contribution in [0.2, 0.25) is 0 Å². The number of hydrogen-bond donors (Lipinski definition) is 3. The van der Waals surface area contributed by atoms with E-state index in [0.717, 1.165) is 5.66 Å². The summed E-state index contributed by atoms with van der Waals surface area (Å²) in [5, 5.41) is 4.67. The van der Waals surface area contributed by atoms with Gasteiger partial charge in [-0.05, 0) is 0 Å². The van der Waals surface area contributed by atoms with E-state index in [2.05, 4.69) is 91.0 Å². The fraction of sp³-hybridized carbons (Fsp3) is 0.182. The van der Waals surface area contributed by atoms with Gasteiger partial charge in [0.25, 0.3) is 0 Å². The first-order valence-corrected chi connectivity index (χ1v) is 13.0. The summed E-state index contributed by atoms with van der Waals surface area (Å²) in [6, 6.07) is 33.9. The van der Waals surface area contributed by atoms with Gasteiger partial charge in [0, 0.05) is 0 Å². The standard InChI is InChI=1S/C22H23P.H3O4P/c1-4-11-19(12-5-1)23(22-17-10-18-22,20-13-6-2-7-14-20)21-15-8-3-9-16-21;1-5(2,3)4/h1-9,11-16,22-23H,10,17-18H2;(H3,1,2,3,4). The second kappa shape index (κ2) is 9.13. The number of rotatable bonds is 4. The topological polar surface area (TPSA) is 77.8 Å². The zero-order chi connectivity index (χ0) is 20.0. The zero-order valence-corrected chi connectivity index (χ0v) is 17.5. The maximum atomic E-state index is 8.88. The molecule has 148 valence electrons. The molecule has 0 bridgehead atoms. The molecule has 3 aromatic carbocycles. The van der Waals surface area contributed by atoms with Gasteiger partial charge in [-0.1, -0.05) is 0 Å². The summed E-state index contributed by atoms with van der Waals surface area (Å²) in [6.45, 7) is 0. The minimum atomic E-state index is -4.64. The monoisotopic (exact) mass is 416 g/mol. The molecule has 4 nitrogen and oxygen atoms in total. The van der Waals surface area contributed by atoms with Crippen LogP contribution in [0, 0.1) is 0 Å². The predicted octanol–water partition coefficient (Wildman–Crippen LogP) is 3.34. The molecule has 0 heterocycles. The fourth-order valence-corrected chi connectivity index (χ4v) is 9.99. The molecule has 3 aromatic rings. The summed E-state index contributed by atoms with van der Waals surface area (Å²) in [5.41, 5.74) is 0.815. The van der Waals surface area contributed by atoms with Crippen LogP contribution in [0.3, 0.4) is 0 Å². The van der Waals surface area contributed by atoms with Crippen LogP contribution in [0.15, 0.2) is 91.0 Å². The summed E-state index contributed by atoms with van der Waals surface area (Å²) in [4.78, 5) is 21.6. The molecule has 1 fully saturated rings. The van der Waals surface area contributed by atoms with E-state index in [0.29, 0.717) is 0 Å². The molecule has 0 atom stereocenters. The Morgan fingerprint density at radius 3 is 1.14 bits per heavy atom. The van der Waals surface area contributed by atoms with Crippen molar-refractivity contribution in [2.24, 2.45) is 0 Å². The molecular formula is C22H26O4P2. The van der Waals surface area contributed by atoms with E-state index in [1.165, 1.54) is 19.3 Å². The third kappa shape index (κ3) is 4.78. The average Bonchev–Trinajstić information content (AvgIpc) is 2.65. The molecule has 0 unspecified atom stereocenters. The molecule has 3 N–H and O–H groups in total. The Balaban J connectivity index is 0.000000403. The van der Waals surface area contributed by atoms with Gasteiger partial charge in [0.1, 0.15) is 0 Å². The zero-order valence-electron chi connectivity index (χ0n) is 15.6. The molecule has 6 heteroatoms. The molecule has 0 saturated heterocycles. The predicted molar refractivity (Wildman–Crippen MR) is 118 cm³/mol. The normalized spacial score (nSPS) is 15.1. The van der Waals surface area contributed by atoms with Crippen LogP contribution in [0.4, 0.5) is 0 Å². The van der Waals surface area contributed by atoms with Gasteiger partial charge >= 0.3 is 147 Å². The average molecular weight is 416 g/mol. The summed E-state index contributed by atoms with van der Waals surface area (Å²) in [5.74, 6) is 0.